The van der Waals surface area contributed by atoms with Gasteiger partial charge in [-0.05, 0) is 48.6 Å². The molecular weight excluding hydrogens is 441 g/mol. The summed E-state index contributed by atoms with van der Waals surface area (Å²) in [6, 6.07) is 18.5. The van der Waals surface area contributed by atoms with E-state index in [0.717, 1.165) is 17.2 Å². The number of carbonyl (C=O) groups is 2. The van der Waals surface area contributed by atoms with Crippen LogP contribution >= 0.6 is 11.3 Å². The molecular formula is C24H20FN5O2S. The van der Waals surface area contributed by atoms with E-state index in [1.807, 2.05) is 42.5 Å². The van der Waals surface area contributed by atoms with Gasteiger partial charge in [-0.2, -0.15) is 0 Å². The smallest absolute Gasteiger partial charge is 0.312 e. The third-order valence-electron chi connectivity index (χ3n) is 5.59. The number of carbonyl (C=O) groups excluding carboxylic acids is 2. The minimum atomic E-state index is -0.599. The molecule has 3 aromatic carbocycles. The lowest BCUT2D eigenvalue weighted by atomic mass is 10.1. The average molecular weight is 462 g/mol. The van der Waals surface area contributed by atoms with Gasteiger partial charge in [0.25, 0.3) is 0 Å². The highest BCUT2D eigenvalue weighted by molar-refractivity contribution is 7.18. The van der Waals surface area contributed by atoms with Gasteiger partial charge in [0.1, 0.15) is 16.9 Å². The number of urea groups is 1. The molecule has 3 amide bonds. The van der Waals surface area contributed by atoms with Crippen LogP contribution < -0.4 is 10.6 Å². The largest absolute Gasteiger partial charge is 0.322 e. The summed E-state index contributed by atoms with van der Waals surface area (Å²) in [5.41, 5.74) is 1.42. The highest BCUT2D eigenvalue weighted by atomic mass is 32.1. The number of amides is 3. The summed E-state index contributed by atoms with van der Waals surface area (Å²) < 4.78 is 13.1. The predicted molar refractivity (Wildman–Crippen MR) is 127 cm³/mol. The molecule has 1 saturated heterocycles. The molecule has 2 heterocycles. The zero-order valence-corrected chi connectivity index (χ0v) is 18.3. The fourth-order valence-electron chi connectivity index (χ4n) is 3.98. The van der Waals surface area contributed by atoms with Crippen LogP contribution in [-0.2, 0) is 4.79 Å². The topological polar surface area (TPSA) is 87.2 Å². The molecule has 1 aliphatic rings. The van der Waals surface area contributed by atoms with Gasteiger partial charge in [0.05, 0.1) is 5.69 Å². The van der Waals surface area contributed by atoms with Crippen molar-refractivity contribution in [1.29, 1.82) is 0 Å². The van der Waals surface area contributed by atoms with Gasteiger partial charge in [0.15, 0.2) is 0 Å². The van der Waals surface area contributed by atoms with Gasteiger partial charge in [-0.1, -0.05) is 47.7 Å². The molecule has 9 heteroatoms. The lowest BCUT2D eigenvalue weighted by Crippen LogP contribution is -2.45. The summed E-state index contributed by atoms with van der Waals surface area (Å²) in [4.78, 5) is 27.5. The molecule has 4 aromatic rings. The Bertz CT molecular complexity index is 1320. The van der Waals surface area contributed by atoms with Gasteiger partial charge in [-0.3, -0.25) is 10.1 Å². The van der Waals surface area contributed by atoms with Crippen molar-refractivity contribution < 1.29 is 14.0 Å². The maximum atomic E-state index is 13.1. The predicted octanol–water partition coefficient (Wildman–Crippen LogP) is 5.13. The Morgan fingerprint density at radius 2 is 1.76 bits per heavy atom. The van der Waals surface area contributed by atoms with Crippen LogP contribution in [0.5, 0.6) is 0 Å². The van der Waals surface area contributed by atoms with Crippen LogP contribution in [0.2, 0.25) is 0 Å². The minimum absolute atomic E-state index is 0.303. The molecule has 0 bridgehead atoms. The molecule has 1 aromatic heterocycles. The molecule has 1 unspecified atom stereocenters. The summed E-state index contributed by atoms with van der Waals surface area (Å²) in [6.45, 7) is 0.492. The molecule has 7 nitrogen and oxygen atoms in total. The number of hydrogen-bond donors (Lipinski definition) is 2. The zero-order valence-electron chi connectivity index (χ0n) is 17.5. The first-order valence-electron chi connectivity index (χ1n) is 10.5. The van der Waals surface area contributed by atoms with Gasteiger partial charge in [-0.25, -0.2) is 9.18 Å². The summed E-state index contributed by atoms with van der Waals surface area (Å²) in [5, 5.41) is 16.7. The fraction of sp³-hybridized carbons (Fsp3) is 0.167. The Morgan fingerprint density at radius 1 is 0.970 bits per heavy atom. The van der Waals surface area contributed by atoms with E-state index in [4.69, 9.17) is 0 Å². The van der Waals surface area contributed by atoms with Crippen LogP contribution in [0.4, 0.5) is 20.0 Å². The molecule has 0 aliphatic carbocycles. The fourth-order valence-corrected chi connectivity index (χ4v) is 4.73. The van der Waals surface area contributed by atoms with E-state index in [-0.39, 0.29) is 17.8 Å². The zero-order chi connectivity index (χ0) is 22.8. The first-order chi connectivity index (χ1) is 16.1. The van der Waals surface area contributed by atoms with E-state index in [9.17, 15) is 14.0 Å². The maximum Gasteiger partial charge on any atom is 0.322 e. The quantitative estimate of drug-likeness (QED) is 0.441. The van der Waals surface area contributed by atoms with Crippen LogP contribution in [0.15, 0.2) is 66.7 Å². The molecule has 166 valence electrons. The van der Waals surface area contributed by atoms with Crippen molar-refractivity contribution in [2.24, 2.45) is 0 Å². The standard InChI is InChI=1S/C24H20FN5O2S/c25-17-12-10-16(11-13-17)22-28-29-23(33-22)27-21(31)20-9-4-14-30(20)24(32)26-19-8-3-6-15-5-1-2-7-18(15)19/h1-3,5-8,10-13,20H,4,9,14H2,(H,26,32)(H,27,29,31). The third kappa shape index (κ3) is 4.40. The van der Waals surface area contributed by atoms with E-state index in [1.165, 1.54) is 23.5 Å². The second-order valence-corrected chi connectivity index (χ2v) is 8.69. The number of likely N-dealkylation sites (tertiary alicyclic amines) is 1. The van der Waals surface area contributed by atoms with E-state index in [0.29, 0.717) is 34.4 Å². The highest BCUT2D eigenvalue weighted by Crippen LogP contribution is 2.28. The second-order valence-electron chi connectivity index (χ2n) is 7.72. The lowest BCUT2D eigenvalue weighted by molar-refractivity contribution is -0.119. The summed E-state index contributed by atoms with van der Waals surface area (Å²) in [5.74, 6) is -0.637. The van der Waals surface area contributed by atoms with Crippen molar-refractivity contribution in [3.8, 4) is 10.6 Å². The summed E-state index contributed by atoms with van der Waals surface area (Å²) in [7, 11) is 0. The summed E-state index contributed by atoms with van der Waals surface area (Å²) >= 11 is 1.20. The van der Waals surface area contributed by atoms with Crippen LogP contribution in [0.25, 0.3) is 21.3 Å². The van der Waals surface area contributed by atoms with Crippen molar-refractivity contribution in [2.75, 3.05) is 17.2 Å². The number of benzene rings is 3. The first kappa shape index (κ1) is 21.0. The van der Waals surface area contributed by atoms with Gasteiger partial charge in [-0.15, -0.1) is 10.2 Å². The maximum absolute atomic E-state index is 13.1. The molecule has 33 heavy (non-hydrogen) atoms. The summed E-state index contributed by atoms with van der Waals surface area (Å²) in [6.07, 6.45) is 1.30. The van der Waals surface area contributed by atoms with Crippen LogP contribution in [0.1, 0.15) is 12.8 Å². The van der Waals surface area contributed by atoms with Crippen molar-refractivity contribution in [3.05, 3.63) is 72.5 Å². The molecule has 2 N–H and O–H groups in total. The number of halogens is 1. The Kier molecular flexibility index (Phi) is 5.70. The van der Waals surface area contributed by atoms with Gasteiger partial charge in [0.2, 0.25) is 11.0 Å². The molecule has 0 saturated carbocycles. The number of nitrogens with one attached hydrogen (secondary N) is 2. The molecule has 0 radical (unpaired) electrons. The van der Waals surface area contributed by atoms with E-state index >= 15 is 0 Å². The molecule has 5 rings (SSSR count). The van der Waals surface area contributed by atoms with Crippen molar-refractivity contribution in [1.82, 2.24) is 15.1 Å². The van der Waals surface area contributed by atoms with E-state index < -0.39 is 6.04 Å². The molecule has 1 fully saturated rings. The normalized spacial score (nSPS) is 15.5. The Balaban J connectivity index is 1.28. The van der Waals surface area contributed by atoms with Crippen molar-refractivity contribution in [2.45, 2.75) is 18.9 Å². The minimum Gasteiger partial charge on any atom is -0.312 e. The number of aromatic nitrogens is 2. The van der Waals surface area contributed by atoms with Crippen LogP contribution in [0, 0.1) is 5.82 Å². The van der Waals surface area contributed by atoms with Gasteiger partial charge >= 0.3 is 6.03 Å². The SMILES string of the molecule is O=C(Nc1nnc(-c2ccc(F)cc2)s1)C1CCCN1C(=O)Nc1cccc2ccccc12. The number of nitrogens with zero attached hydrogens (tertiary/aromatic N) is 3. The number of rotatable bonds is 4. The Hall–Kier alpha value is -3.85. The number of fused-ring (bicyclic) bond motifs is 1. The lowest BCUT2D eigenvalue weighted by Gasteiger charge is -2.24. The number of hydrogen-bond acceptors (Lipinski definition) is 5. The van der Waals surface area contributed by atoms with Gasteiger partial charge in [0, 0.05) is 17.5 Å². The highest BCUT2D eigenvalue weighted by Gasteiger charge is 2.34. The van der Waals surface area contributed by atoms with E-state index in [1.54, 1.807) is 17.0 Å². The van der Waals surface area contributed by atoms with Crippen LogP contribution in [0.3, 0.4) is 0 Å². The molecule has 1 atom stereocenters. The van der Waals surface area contributed by atoms with Crippen LogP contribution in [-0.4, -0.2) is 39.6 Å². The molecule has 1 aliphatic heterocycles. The average Bonchev–Trinajstić information content (AvgIpc) is 3.50. The van der Waals surface area contributed by atoms with Gasteiger partial charge < -0.3 is 10.2 Å². The Labute approximate surface area is 193 Å². The molecule has 0 spiro atoms. The number of anilines is 2. The van der Waals surface area contributed by atoms with Crippen molar-refractivity contribution >= 4 is 44.9 Å². The first-order valence-corrected chi connectivity index (χ1v) is 11.4. The monoisotopic (exact) mass is 461 g/mol. The third-order valence-corrected chi connectivity index (χ3v) is 6.48. The Morgan fingerprint density at radius 3 is 2.61 bits per heavy atom. The van der Waals surface area contributed by atoms with Crippen molar-refractivity contribution in [3.63, 3.8) is 0 Å². The van der Waals surface area contributed by atoms with E-state index in [2.05, 4.69) is 20.8 Å². The second kappa shape index (κ2) is 8.95.